The van der Waals surface area contributed by atoms with Crippen LogP contribution in [0.4, 0.5) is 0 Å². The molecule has 0 aliphatic carbocycles. The summed E-state index contributed by atoms with van der Waals surface area (Å²) in [7, 11) is -4.04. The van der Waals surface area contributed by atoms with Gasteiger partial charge in [0.2, 0.25) is 3.79 Å². The summed E-state index contributed by atoms with van der Waals surface area (Å²) < 4.78 is 29.1. The highest BCUT2D eigenvalue weighted by molar-refractivity contribution is 7.84. The van der Waals surface area contributed by atoms with Gasteiger partial charge in [-0.1, -0.05) is 65.1 Å². The molecule has 5 nitrogen and oxygen atoms in total. The average molecular weight is 376 g/mol. The highest BCUT2D eigenvalue weighted by atomic mass is 35.6. The highest BCUT2D eigenvalue weighted by Crippen LogP contribution is 2.27. The SMILES string of the molecule is NCCCC(NS(=O)(=O)OCC(Cl)(Cl)Cl)c1ccccc1. The monoisotopic (exact) mass is 374 g/mol. The minimum Gasteiger partial charge on any atom is -0.330 e. The molecule has 0 bridgehead atoms. The Hall–Kier alpha value is -0.0800. The number of rotatable bonds is 8. The van der Waals surface area contributed by atoms with Crippen molar-refractivity contribution in [3.05, 3.63) is 35.9 Å². The Bertz CT molecular complexity index is 520. The third-order valence-electron chi connectivity index (χ3n) is 2.56. The van der Waals surface area contributed by atoms with Crippen LogP contribution in [0.5, 0.6) is 0 Å². The fraction of sp³-hybridized carbons (Fsp3) is 0.500. The summed E-state index contributed by atoms with van der Waals surface area (Å²) in [5, 5.41) is 0. The van der Waals surface area contributed by atoms with Gasteiger partial charge in [-0.3, -0.25) is 4.18 Å². The van der Waals surface area contributed by atoms with Crippen molar-refractivity contribution in [3.63, 3.8) is 0 Å². The van der Waals surface area contributed by atoms with Gasteiger partial charge in [0.15, 0.2) is 0 Å². The van der Waals surface area contributed by atoms with Crippen molar-refractivity contribution >= 4 is 45.1 Å². The van der Waals surface area contributed by atoms with Crippen LogP contribution in [0, 0.1) is 0 Å². The molecule has 21 heavy (non-hydrogen) atoms. The van der Waals surface area contributed by atoms with Crippen molar-refractivity contribution in [3.8, 4) is 0 Å². The van der Waals surface area contributed by atoms with E-state index >= 15 is 0 Å². The van der Waals surface area contributed by atoms with Gasteiger partial charge in [-0.05, 0) is 24.9 Å². The number of alkyl halides is 3. The van der Waals surface area contributed by atoms with Gasteiger partial charge < -0.3 is 5.73 Å². The van der Waals surface area contributed by atoms with Gasteiger partial charge in [0.1, 0.15) is 6.61 Å². The van der Waals surface area contributed by atoms with E-state index in [1.165, 1.54) is 0 Å². The van der Waals surface area contributed by atoms with Crippen LogP contribution in [0.2, 0.25) is 0 Å². The van der Waals surface area contributed by atoms with Crippen molar-refractivity contribution in [2.45, 2.75) is 22.7 Å². The van der Waals surface area contributed by atoms with E-state index in [0.29, 0.717) is 19.4 Å². The van der Waals surface area contributed by atoms with Crippen LogP contribution in [0.15, 0.2) is 30.3 Å². The zero-order chi connectivity index (χ0) is 15.9. The first-order chi connectivity index (χ1) is 9.73. The van der Waals surface area contributed by atoms with E-state index in [9.17, 15) is 8.42 Å². The molecule has 0 saturated heterocycles. The molecule has 9 heteroatoms. The van der Waals surface area contributed by atoms with Gasteiger partial charge >= 0.3 is 10.3 Å². The van der Waals surface area contributed by atoms with Crippen LogP contribution < -0.4 is 10.5 Å². The molecule has 1 unspecified atom stereocenters. The molecule has 0 aliphatic rings. The van der Waals surface area contributed by atoms with Gasteiger partial charge in [-0.15, -0.1) is 0 Å². The molecule has 1 aromatic rings. The smallest absolute Gasteiger partial charge is 0.330 e. The molecule has 1 atom stereocenters. The van der Waals surface area contributed by atoms with Gasteiger partial charge in [0.25, 0.3) is 0 Å². The lowest BCUT2D eigenvalue weighted by Gasteiger charge is -2.19. The van der Waals surface area contributed by atoms with Crippen LogP contribution in [0.25, 0.3) is 0 Å². The molecule has 0 heterocycles. The second-order valence-electron chi connectivity index (χ2n) is 4.34. The zero-order valence-electron chi connectivity index (χ0n) is 11.1. The normalized spacial score (nSPS) is 14.1. The van der Waals surface area contributed by atoms with Crippen LogP contribution in [0.3, 0.4) is 0 Å². The first-order valence-corrected chi connectivity index (χ1v) is 8.76. The van der Waals surface area contributed by atoms with Gasteiger partial charge in [0.05, 0.1) is 0 Å². The second-order valence-corrected chi connectivity index (χ2v) is 8.24. The molecule has 0 spiro atoms. The molecule has 0 aromatic heterocycles. The maximum Gasteiger partial charge on any atom is 0.336 e. The fourth-order valence-electron chi connectivity index (χ4n) is 1.65. The maximum absolute atomic E-state index is 11.9. The lowest BCUT2D eigenvalue weighted by molar-refractivity contribution is 0.312. The Morgan fingerprint density at radius 1 is 1.24 bits per heavy atom. The Kier molecular flexibility index (Phi) is 7.70. The predicted molar refractivity (Wildman–Crippen MR) is 85.8 cm³/mol. The lowest BCUT2D eigenvalue weighted by Crippen LogP contribution is -2.32. The number of hydrogen-bond donors (Lipinski definition) is 2. The molecule has 0 saturated carbocycles. The molecular weight excluding hydrogens is 359 g/mol. The Morgan fingerprint density at radius 2 is 1.86 bits per heavy atom. The number of nitrogens with one attached hydrogen (secondary N) is 1. The van der Waals surface area contributed by atoms with Crippen molar-refractivity contribution in [2.24, 2.45) is 5.73 Å². The minimum absolute atomic E-state index is 0.449. The molecule has 120 valence electrons. The Morgan fingerprint density at radius 3 is 2.38 bits per heavy atom. The predicted octanol–water partition coefficient (Wildman–Crippen LogP) is 2.69. The van der Waals surface area contributed by atoms with E-state index in [-0.39, 0.29) is 0 Å². The fourth-order valence-corrected chi connectivity index (χ4v) is 3.01. The van der Waals surface area contributed by atoms with Crippen molar-refractivity contribution < 1.29 is 12.6 Å². The Balaban J connectivity index is 2.76. The van der Waals surface area contributed by atoms with E-state index < -0.39 is 26.7 Å². The van der Waals surface area contributed by atoms with Gasteiger partial charge in [-0.2, -0.15) is 13.1 Å². The van der Waals surface area contributed by atoms with E-state index in [1.54, 1.807) is 0 Å². The third-order valence-corrected chi connectivity index (χ3v) is 3.89. The summed E-state index contributed by atoms with van der Waals surface area (Å²) in [6.07, 6.45) is 1.20. The molecule has 0 radical (unpaired) electrons. The summed E-state index contributed by atoms with van der Waals surface area (Å²) >= 11 is 16.4. The van der Waals surface area contributed by atoms with E-state index in [1.807, 2.05) is 30.3 Å². The molecular formula is C12H17Cl3N2O3S. The zero-order valence-corrected chi connectivity index (χ0v) is 14.2. The standard InChI is InChI=1S/C12H17Cl3N2O3S/c13-12(14,15)9-20-21(18,19)17-11(7-4-8-16)10-5-2-1-3-6-10/h1-3,5-6,11,17H,4,7-9,16H2. The van der Waals surface area contributed by atoms with Crippen molar-refractivity contribution in [1.82, 2.24) is 4.72 Å². The summed E-state index contributed by atoms with van der Waals surface area (Å²) in [6, 6.07) is 8.67. The van der Waals surface area contributed by atoms with E-state index in [0.717, 1.165) is 5.56 Å². The summed E-state index contributed by atoms with van der Waals surface area (Å²) in [4.78, 5) is 0. The topological polar surface area (TPSA) is 81.4 Å². The molecule has 3 N–H and O–H groups in total. The lowest BCUT2D eigenvalue weighted by atomic mass is 10.0. The van der Waals surface area contributed by atoms with E-state index in [4.69, 9.17) is 40.5 Å². The quantitative estimate of drug-likeness (QED) is 0.684. The van der Waals surface area contributed by atoms with E-state index in [2.05, 4.69) is 8.91 Å². The minimum atomic E-state index is -4.04. The summed E-state index contributed by atoms with van der Waals surface area (Å²) in [5.41, 5.74) is 6.29. The number of nitrogens with two attached hydrogens (primary N) is 1. The maximum atomic E-state index is 11.9. The molecule has 0 amide bonds. The summed E-state index contributed by atoms with van der Waals surface area (Å²) in [6.45, 7) is -0.106. The molecule has 0 aliphatic heterocycles. The number of hydrogen-bond acceptors (Lipinski definition) is 4. The molecule has 1 aromatic carbocycles. The van der Waals surface area contributed by atoms with Crippen molar-refractivity contribution in [2.75, 3.05) is 13.2 Å². The first-order valence-electron chi connectivity index (χ1n) is 6.22. The van der Waals surface area contributed by atoms with Crippen LogP contribution >= 0.6 is 34.8 Å². The highest BCUT2D eigenvalue weighted by Gasteiger charge is 2.26. The Labute approximate surface area is 140 Å². The molecule has 0 fully saturated rings. The summed E-state index contributed by atoms with van der Waals surface area (Å²) in [5.74, 6) is 0. The van der Waals surface area contributed by atoms with Crippen LogP contribution in [-0.2, 0) is 14.5 Å². The van der Waals surface area contributed by atoms with Crippen molar-refractivity contribution in [1.29, 1.82) is 0 Å². The number of halogens is 3. The third kappa shape index (κ3) is 8.21. The first kappa shape index (κ1) is 19.0. The number of benzene rings is 1. The van der Waals surface area contributed by atoms with Gasteiger partial charge in [-0.25, -0.2) is 0 Å². The van der Waals surface area contributed by atoms with Crippen LogP contribution in [0.1, 0.15) is 24.4 Å². The largest absolute Gasteiger partial charge is 0.336 e. The molecule has 1 rings (SSSR count). The van der Waals surface area contributed by atoms with Gasteiger partial charge in [0, 0.05) is 6.04 Å². The second kappa shape index (κ2) is 8.53. The van der Waals surface area contributed by atoms with Crippen LogP contribution in [-0.4, -0.2) is 25.4 Å². The average Bonchev–Trinajstić information content (AvgIpc) is 2.42.